The zero-order chi connectivity index (χ0) is 14.6. The van der Waals surface area contributed by atoms with Gasteiger partial charge in [0.15, 0.2) is 0 Å². The van der Waals surface area contributed by atoms with Crippen LogP contribution in [0, 0.1) is 11.3 Å². The maximum absolute atomic E-state index is 12.3. The van der Waals surface area contributed by atoms with Crippen LogP contribution < -0.4 is 9.46 Å². The SMILES string of the molecule is COc1cc(C#N)ccc1NS(=O)(=O)C1CCOCC1. The molecule has 7 heteroatoms. The maximum Gasteiger partial charge on any atom is 0.235 e. The number of hydrogen-bond donors (Lipinski definition) is 1. The Kier molecular flexibility index (Phi) is 4.47. The van der Waals surface area contributed by atoms with Crippen molar-refractivity contribution < 1.29 is 17.9 Å². The van der Waals surface area contributed by atoms with E-state index in [-0.39, 0.29) is 0 Å². The fourth-order valence-corrected chi connectivity index (χ4v) is 3.52. The van der Waals surface area contributed by atoms with E-state index in [2.05, 4.69) is 4.72 Å². The summed E-state index contributed by atoms with van der Waals surface area (Å²) in [6, 6.07) is 6.57. The Labute approximate surface area is 118 Å². The number of sulfonamides is 1. The third-order valence-corrected chi connectivity index (χ3v) is 5.04. The van der Waals surface area contributed by atoms with Gasteiger partial charge in [-0.15, -0.1) is 0 Å². The minimum Gasteiger partial charge on any atom is -0.495 e. The molecule has 0 amide bonds. The molecule has 1 N–H and O–H groups in total. The summed E-state index contributed by atoms with van der Waals surface area (Å²) in [4.78, 5) is 0. The van der Waals surface area contributed by atoms with E-state index in [1.165, 1.54) is 19.2 Å². The number of nitrogens with one attached hydrogen (secondary N) is 1. The summed E-state index contributed by atoms with van der Waals surface area (Å²) < 4.78 is 37.4. The van der Waals surface area contributed by atoms with Crippen LogP contribution in [0.4, 0.5) is 5.69 Å². The summed E-state index contributed by atoms with van der Waals surface area (Å²) >= 11 is 0. The van der Waals surface area contributed by atoms with Gasteiger partial charge < -0.3 is 9.47 Å². The zero-order valence-electron chi connectivity index (χ0n) is 11.1. The second kappa shape index (κ2) is 6.11. The van der Waals surface area contributed by atoms with Crippen LogP contribution >= 0.6 is 0 Å². The lowest BCUT2D eigenvalue weighted by atomic mass is 10.2. The van der Waals surface area contributed by atoms with Crippen LogP contribution in [-0.4, -0.2) is 34.0 Å². The molecule has 6 nitrogen and oxygen atoms in total. The molecule has 0 aliphatic carbocycles. The molecule has 0 saturated carbocycles. The molecule has 1 aromatic carbocycles. The van der Waals surface area contributed by atoms with E-state index in [1.807, 2.05) is 6.07 Å². The lowest BCUT2D eigenvalue weighted by Gasteiger charge is -2.23. The normalized spacial score (nSPS) is 16.4. The van der Waals surface area contributed by atoms with Gasteiger partial charge in [0.1, 0.15) is 5.75 Å². The second-order valence-electron chi connectivity index (χ2n) is 4.49. The first-order chi connectivity index (χ1) is 9.56. The number of hydrogen-bond acceptors (Lipinski definition) is 5. The first-order valence-corrected chi connectivity index (χ1v) is 7.79. The standard InChI is InChI=1S/C13H16N2O4S/c1-18-13-8-10(9-14)2-3-12(13)15-20(16,17)11-4-6-19-7-5-11/h2-3,8,11,15H,4-7H2,1H3. The van der Waals surface area contributed by atoms with E-state index in [0.717, 1.165) is 0 Å². The quantitative estimate of drug-likeness (QED) is 0.909. The van der Waals surface area contributed by atoms with Crippen molar-refractivity contribution >= 4 is 15.7 Å². The van der Waals surface area contributed by atoms with Gasteiger partial charge in [-0.25, -0.2) is 8.42 Å². The Morgan fingerprint density at radius 1 is 1.40 bits per heavy atom. The first kappa shape index (κ1) is 14.6. The highest BCUT2D eigenvalue weighted by molar-refractivity contribution is 7.93. The van der Waals surface area contributed by atoms with E-state index < -0.39 is 15.3 Å². The topological polar surface area (TPSA) is 88.4 Å². The first-order valence-electron chi connectivity index (χ1n) is 6.24. The van der Waals surface area contributed by atoms with Crippen LogP contribution in [0.25, 0.3) is 0 Å². The molecule has 1 fully saturated rings. The number of nitrogens with zero attached hydrogens (tertiary/aromatic N) is 1. The highest BCUT2D eigenvalue weighted by Gasteiger charge is 2.28. The fourth-order valence-electron chi connectivity index (χ4n) is 2.07. The number of nitriles is 1. The van der Waals surface area contributed by atoms with Crippen LogP contribution in [0.15, 0.2) is 18.2 Å². The van der Waals surface area contributed by atoms with E-state index >= 15 is 0 Å². The average Bonchev–Trinajstić information content (AvgIpc) is 2.48. The molecule has 0 radical (unpaired) electrons. The molecule has 0 bridgehead atoms. The molecule has 1 aliphatic rings. The molecule has 0 unspecified atom stereocenters. The minimum atomic E-state index is -3.48. The van der Waals surface area contributed by atoms with Gasteiger partial charge in [-0.2, -0.15) is 5.26 Å². The van der Waals surface area contributed by atoms with Gasteiger partial charge in [-0.05, 0) is 25.0 Å². The van der Waals surface area contributed by atoms with Crippen LogP contribution in [-0.2, 0) is 14.8 Å². The van der Waals surface area contributed by atoms with Gasteiger partial charge in [-0.3, -0.25) is 4.72 Å². The lowest BCUT2D eigenvalue weighted by molar-refractivity contribution is 0.0984. The molecule has 1 aliphatic heterocycles. The van der Waals surface area contributed by atoms with Crippen LogP contribution in [0.3, 0.4) is 0 Å². The van der Waals surface area contributed by atoms with Gasteiger partial charge in [0.25, 0.3) is 0 Å². The number of benzene rings is 1. The van der Waals surface area contributed by atoms with Gasteiger partial charge in [-0.1, -0.05) is 0 Å². The largest absolute Gasteiger partial charge is 0.495 e. The molecule has 2 rings (SSSR count). The van der Waals surface area contributed by atoms with E-state index in [0.29, 0.717) is 43.1 Å². The molecule has 1 aromatic rings. The Morgan fingerprint density at radius 2 is 2.10 bits per heavy atom. The molecular weight excluding hydrogens is 280 g/mol. The second-order valence-corrected chi connectivity index (χ2v) is 6.45. The Morgan fingerprint density at radius 3 is 2.70 bits per heavy atom. The van der Waals surface area contributed by atoms with Crippen LogP contribution in [0.2, 0.25) is 0 Å². The number of methoxy groups -OCH3 is 1. The molecule has 0 atom stereocenters. The minimum absolute atomic E-state index is 0.333. The molecule has 0 spiro atoms. The molecule has 1 saturated heterocycles. The van der Waals surface area contributed by atoms with Crippen molar-refractivity contribution in [3.8, 4) is 11.8 Å². The van der Waals surface area contributed by atoms with Crippen molar-refractivity contribution in [2.45, 2.75) is 18.1 Å². The monoisotopic (exact) mass is 296 g/mol. The third kappa shape index (κ3) is 3.21. The lowest BCUT2D eigenvalue weighted by Crippen LogP contribution is -2.33. The summed E-state index contributed by atoms with van der Waals surface area (Å²) in [5.74, 6) is 0.333. The van der Waals surface area contributed by atoms with E-state index in [9.17, 15) is 8.42 Å². The van der Waals surface area contributed by atoms with Crippen LogP contribution in [0.5, 0.6) is 5.75 Å². The molecule has 0 aromatic heterocycles. The Bertz CT molecular complexity index is 616. The predicted octanol–water partition coefficient (Wildman–Crippen LogP) is 1.49. The van der Waals surface area contributed by atoms with E-state index in [4.69, 9.17) is 14.7 Å². The van der Waals surface area contributed by atoms with Crippen molar-refractivity contribution in [1.82, 2.24) is 0 Å². The van der Waals surface area contributed by atoms with E-state index in [1.54, 1.807) is 6.07 Å². The third-order valence-electron chi connectivity index (χ3n) is 3.19. The smallest absolute Gasteiger partial charge is 0.235 e. The van der Waals surface area contributed by atoms with Crippen molar-refractivity contribution in [3.63, 3.8) is 0 Å². The summed E-state index contributed by atoms with van der Waals surface area (Å²) in [6.45, 7) is 0.909. The highest BCUT2D eigenvalue weighted by atomic mass is 32.2. The summed E-state index contributed by atoms with van der Waals surface area (Å²) in [6.07, 6.45) is 0.960. The van der Waals surface area contributed by atoms with Gasteiger partial charge in [0.05, 0.1) is 29.7 Å². The summed E-state index contributed by atoms with van der Waals surface area (Å²) in [5, 5.41) is 8.37. The molecule has 20 heavy (non-hydrogen) atoms. The number of anilines is 1. The van der Waals surface area contributed by atoms with Crippen molar-refractivity contribution in [2.75, 3.05) is 25.0 Å². The van der Waals surface area contributed by atoms with Gasteiger partial charge in [0, 0.05) is 19.3 Å². The summed E-state index contributed by atoms with van der Waals surface area (Å²) in [7, 11) is -2.05. The predicted molar refractivity (Wildman–Crippen MR) is 74.1 cm³/mol. The van der Waals surface area contributed by atoms with Crippen molar-refractivity contribution in [3.05, 3.63) is 23.8 Å². The Balaban J connectivity index is 2.22. The van der Waals surface area contributed by atoms with Gasteiger partial charge in [0.2, 0.25) is 10.0 Å². The number of rotatable bonds is 4. The Hall–Kier alpha value is -1.78. The molecule has 1 heterocycles. The van der Waals surface area contributed by atoms with Crippen molar-refractivity contribution in [2.24, 2.45) is 0 Å². The maximum atomic E-state index is 12.3. The van der Waals surface area contributed by atoms with Gasteiger partial charge >= 0.3 is 0 Å². The van der Waals surface area contributed by atoms with Crippen LogP contribution in [0.1, 0.15) is 18.4 Å². The zero-order valence-corrected chi connectivity index (χ0v) is 11.9. The highest BCUT2D eigenvalue weighted by Crippen LogP contribution is 2.28. The average molecular weight is 296 g/mol. The molecule has 108 valence electrons. The van der Waals surface area contributed by atoms with Crippen molar-refractivity contribution in [1.29, 1.82) is 5.26 Å². The fraction of sp³-hybridized carbons (Fsp3) is 0.462. The molecular formula is C13H16N2O4S. The number of ether oxygens (including phenoxy) is 2. The summed E-state index contributed by atoms with van der Waals surface area (Å²) in [5.41, 5.74) is 0.758.